The summed E-state index contributed by atoms with van der Waals surface area (Å²) in [4.78, 5) is 38.7. The van der Waals surface area contributed by atoms with Crippen LogP contribution in [0, 0.1) is 0 Å². The number of hydrogen-bond donors (Lipinski definition) is 2. The molecule has 0 fully saturated rings. The molecule has 10 heteroatoms. The first kappa shape index (κ1) is 28.7. The Labute approximate surface area is 213 Å². The summed E-state index contributed by atoms with van der Waals surface area (Å²) in [7, 11) is 8.85. The zero-order valence-corrected chi connectivity index (χ0v) is 22.3. The number of carbonyl (C=O) groups is 2. The Morgan fingerprint density at radius 2 is 1.89 bits per heavy atom. The van der Waals surface area contributed by atoms with Gasteiger partial charge in [0.2, 0.25) is 5.91 Å². The lowest BCUT2D eigenvalue weighted by Gasteiger charge is -2.23. The van der Waals surface area contributed by atoms with Crippen LogP contribution in [-0.4, -0.2) is 86.0 Å². The number of anilines is 3. The highest BCUT2D eigenvalue weighted by Crippen LogP contribution is 2.20. The van der Waals surface area contributed by atoms with Gasteiger partial charge in [-0.3, -0.25) is 14.6 Å². The first-order valence-corrected chi connectivity index (χ1v) is 12.0. The van der Waals surface area contributed by atoms with Gasteiger partial charge in [0.05, 0.1) is 11.9 Å². The fourth-order valence-electron chi connectivity index (χ4n) is 3.37. The fraction of sp³-hybridized carbons (Fsp3) is 0.462. The number of aromatic nitrogens is 2. The van der Waals surface area contributed by atoms with E-state index in [2.05, 4.69) is 20.6 Å². The van der Waals surface area contributed by atoms with Gasteiger partial charge in [-0.25, -0.2) is 9.37 Å². The van der Waals surface area contributed by atoms with Gasteiger partial charge in [-0.05, 0) is 57.6 Å². The highest BCUT2D eigenvalue weighted by molar-refractivity contribution is 5.95. The summed E-state index contributed by atoms with van der Waals surface area (Å²) >= 11 is 0. The molecule has 0 radical (unpaired) electrons. The second kappa shape index (κ2) is 13.5. The van der Waals surface area contributed by atoms with Gasteiger partial charge in [-0.2, -0.15) is 0 Å². The largest absolute Gasteiger partial charge is 0.361 e. The SMILES string of the molecule is CCc1ncc(Nc2cccc(CCNC(=O)C(C)N(C)C(=O)/C(F)=C/CN(C)C)c2)nc1N(C)C. The van der Waals surface area contributed by atoms with Gasteiger partial charge in [-0.1, -0.05) is 19.1 Å². The number of amides is 2. The Morgan fingerprint density at radius 1 is 1.17 bits per heavy atom. The van der Waals surface area contributed by atoms with Crippen molar-refractivity contribution in [3.05, 3.63) is 53.6 Å². The smallest absolute Gasteiger partial charge is 0.282 e. The van der Waals surface area contributed by atoms with Gasteiger partial charge in [0.1, 0.15) is 6.04 Å². The molecule has 1 unspecified atom stereocenters. The lowest BCUT2D eigenvalue weighted by atomic mass is 10.1. The number of carbonyl (C=O) groups excluding carboxylic acids is 2. The van der Waals surface area contributed by atoms with Crippen LogP contribution in [0.15, 0.2) is 42.4 Å². The zero-order valence-electron chi connectivity index (χ0n) is 22.3. The van der Waals surface area contributed by atoms with E-state index in [1.165, 1.54) is 13.1 Å². The van der Waals surface area contributed by atoms with E-state index in [0.29, 0.717) is 25.3 Å². The third kappa shape index (κ3) is 8.30. The maximum absolute atomic E-state index is 14.1. The van der Waals surface area contributed by atoms with Gasteiger partial charge >= 0.3 is 0 Å². The normalized spacial score (nSPS) is 12.3. The van der Waals surface area contributed by atoms with Crippen LogP contribution in [0.3, 0.4) is 0 Å². The molecule has 0 aliphatic rings. The highest BCUT2D eigenvalue weighted by atomic mass is 19.1. The minimum Gasteiger partial charge on any atom is -0.361 e. The third-order valence-electron chi connectivity index (χ3n) is 5.62. The zero-order chi connectivity index (χ0) is 26.8. The molecule has 9 nitrogen and oxygen atoms in total. The summed E-state index contributed by atoms with van der Waals surface area (Å²) in [5.74, 6) is -0.558. The van der Waals surface area contributed by atoms with Gasteiger partial charge in [-0.15, -0.1) is 0 Å². The minimum absolute atomic E-state index is 0.299. The summed E-state index contributed by atoms with van der Waals surface area (Å²) in [6.07, 6.45) is 4.31. The van der Waals surface area contributed by atoms with Crippen LogP contribution in [0.4, 0.5) is 21.7 Å². The molecule has 2 aromatic rings. The Bertz CT molecular complexity index is 1070. The van der Waals surface area contributed by atoms with Crippen molar-refractivity contribution in [2.75, 3.05) is 58.5 Å². The first-order chi connectivity index (χ1) is 17.0. The van der Waals surface area contributed by atoms with Crippen LogP contribution in [0.5, 0.6) is 0 Å². The second-order valence-electron chi connectivity index (χ2n) is 9.05. The molecule has 0 aliphatic heterocycles. The Hall–Kier alpha value is -3.53. The van der Waals surface area contributed by atoms with Gasteiger partial charge < -0.3 is 25.3 Å². The Balaban J connectivity index is 1.93. The number of likely N-dealkylation sites (N-methyl/N-ethyl adjacent to an activating group) is 2. The van der Waals surface area contributed by atoms with E-state index in [-0.39, 0.29) is 5.91 Å². The molecule has 0 saturated carbocycles. The summed E-state index contributed by atoms with van der Waals surface area (Å²) in [5.41, 5.74) is 2.81. The predicted molar refractivity (Wildman–Crippen MR) is 142 cm³/mol. The molecule has 2 N–H and O–H groups in total. The topological polar surface area (TPSA) is 93.7 Å². The van der Waals surface area contributed by atoms with Crippen molar-refractivity contribution in [2.24, 2.45) is 0 Å². The average Bonchev–Trinajstić information content (AvgIpc) is 2.85. The van der Waals surface area contributed by atoms with E-state index in [1.54, 1.807) is 32.1 Å². The highest BCUT2D eigenvalue weighted by Gasteiger charge is 2.24. The molecule has 1 heterocycles. The molecule has 1 aromatic carbocycles. The molecule has 0 saturated heterocycles. The van der Waals surface area contributed by atoms with Crippen molar-refractivity contribution in [2.45, 2.75) is 32.7 Å². The number of aryl methyl sites for hydroxylation is 1. The fourth-order valence-corrected chi connectivity index (χ4v) is 3.37. The van der Waals surface area contributed by atoms with E-state index in [9.17, 15) is 14.0 Å². The number of hydrogen-bond acceptors (Lipinski definition) is 7. The van der Waals surface area contributed by atoms with Crippen LogP contribution in [0.2, 0.25) is 0 Å². The maximum Gasteiger partial charge on any atom is 0.282 e. The third-order valence-corrected chi connectivity index (χ3v) is 5.62. The molecule has 0 aliphatic carbocycles. The van der Waals surface area contributed by atoms with Crippen molar-refractivity contribution < 1.29 is 14.0 Å². The number of nitrogens with one attached hydrogen (secondary N) is 2. The van der Waals surface area contributed by atoms with Crippen molar-refractivity contribution in [1.29, 1.82) is 0 Å². The van der Waals surface area contributed by atoms with E-state index >= 15 is 0 Å². The maximum atomic E-state index is 14.1. The molecule has 196 valence electrons. The summed E-state index contributed by atoms with van der Waals surface area (Å²) in [5, 5.41) is 6.11. The van der Waals surface area contributed by atoms with Gasteiger partial charge in [0, 0.05) is 39.9 Å². The van der Waals surface area contributed by atoms with Crippen LogP contribution < -0.4 is 15.5 Å². The molecular formula is C26H38FN7O2. The lowest BCUT2D eigenvalue weighted by molar-refractivity contribution is -0.136. The summed E-state index contributed by atoms with van der Waals surface area (Å²) in [6, 6.07) is 7.02. The quantitative estimate of drug-likeness (QED) is 0.434. The standard InChI is InChI=1S/C26H38FN7O2/c1-8-22-24(33(5)6)31-23(17-29-22)30-20-11-9-10-19(16-20)12-14-28-25(35)18(2)34(7)26(36)21(27)13-15-32(3)4/h9-11,13,16-18H,8,12,14-15H2,1-7H3,(H,28,35)(H,30,31)/b21-13-. The van der Waals surface area contributed by atoms with E-state index in [4.69, 9.17) is 0 Å². The van der Waals surface area contributed by atoms with Crippen LogP contribution in [-0.2, 0) is 22.4 Å². The monoisotopic (exact) mass is 499 g/mol. The van der Waals surface area contributed by atoms with Crippen molar-refractivity contribution in [3.63, 3.8) is 0 Å². The molecular weight excluding hydrogens is 461 g/mol. The molecule has 2 amide bonds. The molecule has 1 atom stereocenters. The van der Waals surface area contributed by atoms with E-state index in [0.717, 1.165) is 34.1 Å². The molecule has 0 spiro atoms. The number of rotatable bonds is 12. The second-order valence-corrected chi connectivity index (χ2v) is 9.05. The van der Waals surface area contributed by atoms with Crippen LogP contribution >= 0.6 is 0 Å². The van der Waals surface area contributed by atoms with Crippen LogP contribution in [0.25, 0.3) is 0 Å². The molecule has 2 rings (SSSR count). The lowest BCUT2D eigenvalue weighted by Crippen LogP contribution is -2.46. The van der Waals surface area contributed by atoms with Gasteiger partial charge in [0.25, 0.3) is 5.91 Å². The number of benzene rings is 1. The van der Waals surface area contributed by atoms with Crippen molar-refractivity contribution >= 4 is 29.1 Å². The Kier molecular flexibility index (Phi) is 10.8. The minimum atomic E-state index is -0.873. The Morgan fingerprint density at radius 3 is 2.53 bits per heavy atom. The van der Waals surface area contributed by atoms with Gasteiger partial charge in [0.15, 0.2) is 17.5 Å². The summed E-state index contributed by atoms with van der Waals surface area (Å²) < 4.78 is 14.1. The molecule has 36 heavy (non-hydrogen) atoms. The molecule has 1 aromatic heterocycles. The molecule has 0 bridgehead atoms. The van der Waals surface area contributed by atoms with E-state index in [1.807, 2.05) is 50.2 Å². The number of halogens is 1. The van der Waals surface area contributed by atoms with Crippen LogP contribution in [0.1, 0.15) is 25.1 Å². The van der Waals surface area contributed by atoms with E-state index < -0.39 is 17.8 Å². The van der Waals surface area contributed by atoms with Crippen molar-refractivity contribution in [3.8, 4) is 0 Å². The predicted octanol–water partition coefficient (Wildman–Crippen LogP) is 2.77. The first-order valence-electron chi connectivity index (χ1n) is 12.0. The average molecular weight is 500 g/mol. The number of nitrogens with zero attached hydrogens (tertiary/aromatic N) is 5. The van der Waals surface area contributed by atoms with Crippen molar-refractivity contribution in [1.82, 2.24) is 25.1 Å². The summed E-state index contributed by atoms with van der Waals surface area (Å²) in [6.45, 7) is 4.30.